The fraction of sp³-hybridized carbons (Fsp3) is 0.321. The maximum Gasteiger partial charge on any atom is 0.248 e. The van der Waals surface area contributed by atoms with Crippen LogP contribution in [-0.2, 0) is 26.7 Å². The van der Waals surface area contributed by atoms with Crippen LogP contribution in [0.2, 0.25) is 0 Å². The number of thioether (sulfide) groups is 1. The van der Waals surface area contributed by atoms with Crippen LogP contribution in [0, 0.1) is 0 Å². The van der Waals surface area contributed by atoms with Gasteiger partial charge in [-0.2, -0.15) is 4.31 Å². The summed E-state index contributed by atoms with van der Waals surface area (Å²) in [5.41, 5.74) is 4.42. The average Bonchev–Trinajstić information content (AvgIpc) is 3.36. The van der Waals surface area contributed by atoms with Gasteiger partial charge in [-0.15, -0.1) is 11.8 Å². The third kappa shape index (κ3) is 5.80. The molecule has 1 heterocycles. The van der Waals surface area contributed by atoms with Crippen LogP contribution >= 0.6 is 11.8 Å². The molecule has 1 unspecified atom stereocenters. The number of benzene rings is 3. The smallest absolute Gasteiger partial charge is 0.248 e. The average molecular weight is 509 g/mol. The normalized spacial score (nSPS) is 16.8. The number of hydrogen-bond donors (Lipinski definition) is 1. The van der Waals surface area contributed by atoms with E-state index in [2.05, 4.69) is 50.4 Å². The van der Waals surface area contributed by atoms with E-state index in [1.165, 1.54) is 16.1 Å². The summed E-state index contributed by atoms with van der Waals surface area (Å²) < 4.78 is 28.0. The van der Waals surface area contributed by atoms with E-state index in [0.717, 1.165) is 22.3 Å². The molecule has 0 aromatic heterocycles. The minimum atomic E-state index is -3.76. The highest BCUT2D eigenvalue weighted by Gasteiger charge is 2.40. The first-order chi connectivity index (χ1) is 16.7. The highest BCUT2D eigenvalue weighted by molar-refractivity contribution is 8.02. The van der Waals surface area contributed by atoms with Gasteiger partial charge in [-0.3, -0.25) is 4.79 Å². The predicted molar refractivity (Wildman–Crippen MR) is 144 cm³/mol. The molecular formula is C28H32N2O3S2. The molecule has 3 aromatic carbocycles. The van der Waals surface area contributed by atoms with E-state index in [1.54, 1.807) is 12.1 Å². The summed E-state index contributed by atoms with van der Waals surface area (Å²) in [6, 6.07) is 25.3. The molecular weight excluding hydrogens is 476 g/mol. The molecule has 0 bridgehead atoms. The molecule has 184 valence electrons. The molecule has 1 aliphatic rings. The van der Waals surface area contributed by atoms with E-state index in [1.807, 2.05) is 42.5 Å². The number of rotatable bonds is 7. The quantitative estimate of drug-likeness (QED) is 0.484. The Morgan fingerprint density at radius 2 is 1.63 bits per heavy atom. The molecule has 1 atom stereocenters. The maximum atomic E-state index is 13.3. The van der Waals surface area contributed by atoms with Gasteiger partial charge >= 0.3 is 0 Å². The van der Waals surface area contributed by atoms with Crippen LogP contribution in [0.25, 0.3) is 11.1 Å². The zero-order chi connectivity index (χ0) is 25.1. The largest absolute Gasteiger partial charge is 0.354 e. The summed E-state index contributed by atoms with van der Waals surface area (Å²) in [4.78, 5) is 13.3. The van der Waals surface area contributed by atoms with Crippen LogP contribution in [0.1, 0.15) is 31.9 Å². The van der Waals surface area contributed by atoms with E-state index in [4.69, 9.17) is 0 Å². The van der Waals surface area contributed by atoms with Crippen LogP contribution < -0.4 is 5.32 Å². The van der Waals surface area contributed by atoms with Gasteiger partial charge in [-0.25, -0.2) is 8.42 Å². The Morgan fingerprint density at radius 1 is 0.971 bits per heavy atom. The number of hydrogen-bond acceptors (Lipinski definition) is 4. The fourth-order valence-corrected chi connectivity index (χ4v) is 7.32. The molecule has 1 fully saturated rings. The molecule has 1 saturated heterocycles. The molecule has 7 heteroatoms. The Morgan fingerprint density at radius 3 is 2.31 bits per heavy atom. The zero-order valence-electron chi connectivity index (χ0n) is 20.4. The first kappa shape index (κ1) is 25.5. The molecule has 0 radical (unpaired) electrons. The molecule has 5 nitrogen and oxygen atoms in total. The van der Waals surface area contributed by atoms with Crippen LogP contribution in [-0.4, -0.2) is 42.8 Å². The van der Waals surface area contributed by atoms with Gasteiger partial charge in [-0.05, 0) is 46.2 Å². The van der Waals surface area contributed by atoms with Gasteiger partial charge < -0.3 is 5.32 Å². The van der Waals surface area contributed by atoms with Gasteiger partial charge in [0.2, 0.25) is 15.9 Å². The summed E-state index contributed by atoms with van der Waals surface area (Å²) in [5, 5.41) is 2.21. The van der Waals surface area contributed by atoms with Crippen molar-refractivity contribution in [2.24, 2.45) is 0 Å². The van der Waals surface area contributed by atoms with E-state index in [-0.39, 0.29) is 16.2 Å². The van der Waals surface area contributed by atoms with Crippen molar-refractivity contribution in [3.8, 4) is 11.1 Å². The topological polar surface area (TPSA) is 66.5 Å². The predicted octanol–water partition coefficient (Wildman–Crippen LogP) is 5.07. The van der Waals surface area contributed by atoms with Gasteiger partial charge in [0, 0.05) is 18.8 Å². The standard InChI is InChI=1S/C28H32N2O3S2/c1-28(2,3)23-13-15-24(16-14-23)35(32,33)30-19-20-34-27(30)26(31)29-18-17-22-11-7-8-12-25(22)21-9-5-4-6-10-21/h4-16,27H,17-20H2,1-3H3,(H,29,31). The molecule has 0 aliphatic carbocycles. The second-order valence-electron chi connectivity index (χ2n) is 9.68. The molecule has 35 heavy (non-hydrogen) atoms. The Balaban J connectivity index is 1.42. The van der Waals surface area contributed by atoms with E-state index >= 15 is 0 Å². The molecule has 0 spiro atoms. The molecule has 1 N–H and O–H groups in total. The number of nitrogens with one attached hydrogen (secondary N) is 1. The van der Waals surface area contributed by atoms with Crippen molar-refractivity contribution in [2.75, 3.05) is 18.8 Å². The monoisotopic (exact) mass is 508 g/mol. The van der Waals surface area contributed by atoms with Crippen LogP contribution in [0.5, 0.6) is 0 Å². The molecule has 3 aromatic rings. The molecule has 4 rings (SSSR count). The lowest BCUT2D eigenvalue weighted by atomic mass is 9.87. The van der Waals surface area contributed by atoms with Gasteiger partial charge in [0.25, 0.3) is 0 Å². The first-order valence-corrected chi connectivity index (χ1v) is 14.3. The van der Waals surface area contributed by atoms with Gasteiger partial charge in [0.05, 0.1) is 4.90 Å². The second-order valence-corrected chi connectivity index (χ2v) is 12.8. The van der Waals surface area contributed by atoms with Gasteiger partial charge in [0.1, 0.15) is 5.37 Å². The third-order valence-electron chi connectivity index (χ3n) is 6.20. The minimum absolute atomic E-state index is 0.0622. The number of sulfonamides is 1. The zero-order valence-corrected chi connectivity index (χ0v) is 22.0. The maximum absolute atomic E-state index is 13.3. The summed E-state index contributed by atoms with van der Waals surface area (Å²) in [6.45, 7) is 7.03. The first-order valence-electron chi connectivity index (χ1n) is 11.8. The highest BCUT2D eigenvalue weighted by atomic mass is 32.2. The van der Waals surface area contributed by atoms with Crippen molar-refractivity contribution in [3.63, 3.8) is 0 Å². The van der Waals surface area contributed by atoms with Crippen molar-refractivity contribution in [1.82, 2.24) is 9.62 Å². The van der Waals surface area contributed by atoms with Crippen molar-refractivity contribution in [1.29, 1.82) is 0 Å². The lowest BCUT2D eigenvalue weighted by molar-refractivity contribution is -0.122. The fourth-order valence-electron chi connectivity index (χ4n) is 4.21. The summed E-state index contributed by atoms with van der Waals surface area (Å²) in [7, 11) is -3.76. The van der Waals surface area contributed by atoms with Gasteiger partial charge in [-0.1, -0.05) is 87.5 Å². The van der Waals surface area contributed by atoms with Gasteiger partial charge in [0.15, 0.2) is 0 Å². The van der Waals surface area contributed by atoms with Crippen LogP contribution in [0.4, 0.5) is 0 Å². The minimum Gasteiger partial charge on any atom is -0.354 e. The Kier molecular flexibility index (Phi) is 7.69. The number of amides is 1. The van der Waals surface area contributed by atoms with Crippen LogP contribution in [0.15, 0.2) is 83.8 Å². The molecule has 0 saturated carbocycles. The van der Waals surface area contributed by atoms with Crippen molar-refractivity contribution < 1.29 is 13.2 Å². The van der Waals surface area contributed by atoms with Crippen molar-refractivity contribution in [3.05, 3.63) is 90.0 Å². The lowest BCUT2D eigenvalue weighted by Gasteiger charge is -2.24. The molecule has 1 aliphatic heterocycles. The Bertz CT molecular complexity index is 1270. The SMILES string of the molecule is CC(C)(C)c1ccc(S(=O)(=O)N2CCSC2C(=O)NCCc2ccccc2-c2ccccc2)cc1. The lowest BCUT2D eigenvalue weighted by Crippen LogP contribution is -2.45. The third-order valence-corrected chi connectivity index (χ3v) is 9.41. The molecule has 1 amide bonds. The highest BCUT2D eigenvalue weighted by Crippen LogP contribution is 2.31. The summed E-state index contributed by atoms with van der Waals surface area (Å²) >= 11 is 1.37. The summed E-state index contributed by atoms with van der Waals surface area (Å²) in [5.74, 6) is 0.327. The number of nitrogens with zero attached hydrogens (tertiary/aromatic N) is 1. The Labute approximate surface area is 213 Å². The Hall–Kier alpha value is -2.61. The van der Waals surface area contributed by atoms with E-state index in [9.17, 15) is 13.2 Å². The number of carbonyl (C=O) groups excluding carboxylic acids is 1. The second kappa shape index (κ2) is 10.6. The summed E-state index contributed by atoms with van der Waals surface area (Å²) in [6.07, 6.45) is 0.662. The van der Waals surface area contributed by atoms with E-state index < -0.39 is 15.4 Å². The van der Waals surface area contributed by atoms with Crippen molar-refractivity contribution in [2.45, 2.75) is 42.9 Å². The van der Waals surface area contributed by atoms with Crippen LogP contribution in [0.3, 0.4) is 0 Å². The number of carbonyl (C=O) groups is 1. The van der Waals surface area contributed by atoms with Crippen molar-refractivity contribution >= 4 is 27.7 Å². The van der Waals surface area contributed by atoms with E-state index in [0.29, 0.717) is 25.3 Å².